The fourth-order valence-electron chi connectivity index (χ4n) is 3.93. The molecule has 0 aliphatic carbocycles. The molecule has 3 heterocycles. The van der Waals surface area contributed by atoms with Crippen molar-refractivity contribution >= 4 is 11.7 Å². The van der Waals surface area contributed by atoms with E-state index in [4.69, 9.17) is 9.47 Å². The molecule has 27 heavy (non-hydrogen) atoms. The van der Waals surface area contributed by atoms with Crippen LogP contribution in [-0.4, -0.2) is 58.2 Å². The summed E-state index contributed by atoms with van der Waals surface area (Å²) in [6.45, 7) is 6.57. The predicted molar refractivity (Wildman–Crippen MR) is 102 cm³/mol. The van der Waals surface area contributed by atoms with Crippen LogP contribution in [0.2, 0.25) is 0 Å². The zero-order chi connectivity index (χ0) is 18.9. The van der Waals surface area contributed by atoms with Gasteiger partial charge in [0.15, 0.2) is 0 Å². The lowest BCUT2D eigenvalue weighted by molar-refractivity contribution is -0.159. The number of hydrogen-bond acceptors (Lipinski definition) is 4. The van der Waals surface area contributed by atoms with E-state index in [9.17, 15) is 4.79 Å². The van der Waals surface area contributed by atoms with Crippen molar-refractivity contribution in [3.63, 3.8) is 0 Å². The van der Waals surface area contributed by atoms with Crippen LogP contribution in [0.3, 0.4) is 0 Å². The third-order valence-electron chi connectivity index (χ3n) is 5.40. The van der Waals surface area contributed by atoms with E-state index in [0.29, 0.717) is 26.2 Å². The minimum absolute atomic E-state index is 0.00266. The average molecular weight is 370 g/mol. The topological polar surface area (TPSA) is 68.6 Å². The van der Waals surface area contributed by atoms with E-state index in [1.807, 2.05) is 60.0 Å². The zero-order valence-electron chi connectivity index (χ0n) is 15.8. The highest BCUT2D eigenvalue weighted by atomic mass is 16.6. The van der Waals surface area contributed by atoms with E-state index in [2.05, 4.69) is 10.4 Å². The molecular weight excluding hydrogens is 344 g/mol. The molecule has 144 valence electrons. The second-order valence-corrected chi connectivity index (χ2v) is 7.47. The Bertz CT molecular complexity index is 777. The van der Waals surface area contributed by atoms with Gasteiger partial charge >= 0.3 is 6.03 Å². The highest BCUT2D eigenvalue weighted by molar-refractivity contribution is 5.89. The van der Waals surface area contributed by atoms with Crippen LogP contribution in [0.4, 0.5) is 10.5 Å². The van der Waals surface area contributed by atoms with Crippen molar-refractivity contribution in [1.29, 1.82) is 0 Å². The van der Waals surface area contributed by atoms with Crippen LogP contribution in [0, 0.1) is 0 Å². The van der Waals surface area contributed by atoms with Gasteiger partial charge in [0.25, 0.3) is 0 Å². The lowest BCUT2D eigenvalue weighted by Gasteiger charge is -2.44. The Balaban J connectivity index is 1.39. The Kier molecular flexibility index (Phi) is 4.88. The number of benzene rings is 1. The van der Waals surface area contributed by atoms with Crippen LogP contribution in [0.25, 0.3) is 0 Å². The Hall–Kier alpha value is -2.38. The molecule has 2 aromatic rings. The maximum Gasteiger partial charge on any atom is 0.322 e. The maximum absolute atomic E-state index is 12.8. The number of hydrogen-bond donors (Lipinski definition) is 1. The van der Waals surface area contributed by atoms with Gasteiger partial charge < -0.3 is 19.7 Å². The van der Waals surface area contributed by atoms with Gasteiger partial charge in [0.1, 0.15) is 5.60 Å². The molecule has 4 rings (SSSR count). The molecule has 1 aromatic heterocycles. The van der Waals surface area contributed by atoms with Gasteiger partial charge in [0.05, 0.1) is 25.3 Å². The Morgan fingerprint density at radius 2 is 2.15 bits per heavy atom. The van der Waals surface area contributed by atoms with Gasteiger partial charge in [-0.2, -0.15) is 5.10 Å². The molecule has 2 amide bonds. The maximum atomic E-state index is 12.8. The van der Waals surface area contributed by atoms with Crippen molar-refractivity contribution in [3.05, 3.63) is 48.3 Å². The van der Waals surface area contributed by atoms with Crippen molar-refractivity contribution in [2.45, 2.75) is 44.6 Å². The first-order valence-electron chi connectivity index (χ1n) is 9.46. The molecule has 1 spiro atoms. The number of carbonyl (C=O) groups excluding carboxylic acids is 1. The third kappa shape index (κ3) is 3.84. The van der Waals surface area contributed by atoms with Gasteiger partial charge in [-0.15, -0.1) is 0 Å². The fourth-order valence-corrected chi connectivity index (χ4v) is 3.93. The lowest BCUT2D eigenvalue weighted by atomic mass is 9.93. The molecule has 2 aliphatic rings. The molecular formula is C20H26N4O3. The van der Waals surface area contributed by atoms with Crippen LogP contribution in [0.15, 0.2) is 42.7 Å². The quantitative estimate of drug-likeness (QED) is 0.902. The number of aromatic nitrogens is 2. The van der Waals surface area contributed by atoms with E-state index in [0.717, 1.165) is 17.7 Å². The smallest absolute Gasteiger partial charge is 0.322 e. The predicted octanol–water partition coefficient (Wildman–Crippen LogP) is 2.73. The van der Waals surface area contributed by atoms with Crippen LogP contribution in [0.1, 0.15) is 25.8 Å². The summed E-state index contributed by atoms with van der Waals surface area (Å²) in [7, 11) is 0. The fraction of sp³-hybridized carbons (Fsp3) is 0.500. The number of nitrogens with zero attached hydrogens (tertiary/aromatic N) is 3. The number of urea groups is 1. The molecule has 1 N–H and O–H groups in total. The molecule has 7 heteroatoms. The van der Waals surface area contributed by atoms with E-state index >= 15 is 0 Å². The molecule has 7 nitrogen and oxygen atoms in total. The lowest BCUT2D eigenvalue weighted by Crippen LogP contribution is -2.60. The minimum Gasteiger partial charge on any atom is -0.375 e. The Morgan fingerprint density at radius 1 is 1.33 bits per heavy atom. The number of anilines is 1. The number of morpholine rings is 1. The van der Waals surface area contributed by atoms with Gasteiger partial charge in [0, 0.05) is 37.7 Å². The molecule has 2 fully saturated rings. The first kappa shape index (κ1) is 18.0. The highest BCUT2D eigenvalue weighted by Gasteiger charge is 2.48. The standard InChI is InChI=1S/C20H26N4O3/c1-15-12-23(14-20(27-15)8-11-26-16(20)2)19(25)22-18-6-4-17(5-7-18)13-24-10-3-9-21-24/h3-7,9-10,15-16H,8,11-14H2,1-2H3,(H,22,25). The van der Waals surface area contributed by atoms with Gasteiger partial charge in [-0.3, -0.25) is 4.68 Å². The van der Waals surface area contributed by atoms with Gasteiger partial charge in [-0.1, -0.05) is 12.1 Å². The summed E-state index contributed by atoms with van der Waals surface area (Å²) in [5.74, 6) is 0. The second-order valence-electron chi connectivity index (χ2n) is 7.47. The summed E-state index contributed by atoms with van der Waals surface area (Å²) in [6.07, 6.45) is 4.51. The number of carbonyl (C=O) groups is 1. The van der Waals surface area contributed by atoms with E-state index in [1.165, 1.54) is 0 Å². The first-order valence-corrected chi connectivity index (χ1v) is 9.46. The zero-order valence-corrected chi connectivity index (χ0v) is 15.8. The molecule has 0 bridgehead atoms. The van der Waals surface area contributed by atoms with Crippen LogP contribution < -0.4 is 5.32 Å². The molecule has 1 aromatic carbocycles. The van der Waals surface area contributed by atoms with Crippen molar-refractivity contribution in [2.24, 2.45) is 0 Å². The van der Waals surface area contributed by atoms with E-state index in [-0.39, 0.29) is 23.8 Å². The first-order chi connectivity index (χ1) is 13.0. The molecule has 0 saturated carbocycles. The molecule has 2 saturated heterocycles. The third-order valence-corrected chi connectivity index (χ3v) is 5.40. The number of nitrogens with one attached hydrogen (secondary N) is 1. The molecule has 3 atom stereocenters. The second kappa shape index (κ2) is 7.32. The van der Waals surface area contributed by atoms with Crippen LogP contribution >= 0.6 is 0 Å². The van der Waals surface area contributed by atoms with Crippen molar-refractivity contribution in [3.8, 4) is 0 Å². The SMILES string of the molecule is CC1CN(C(=O)Nc2ccc(Cn3cccn3)cc2)CC2(CCOC2C)O1. The highest BCUT2D eigenvalue weighted by Crippen LogP contribution is 2.35. The summed E-state index contributed by atoms with van der Waals surface area (Å²) in [5, 5.41) is 7.22. The minimum atomic E-state index is -0.386. The molecule has 3 unspecified atom stereocenters. The molecule has 2 aliphatic heterocycles. The van der Waals surface area contributed by atoms with E-state index in [1.54, 1.807) is 6.20 Å². The summed E-state index contributed by atoms with van der Waals surface area (Å²) in [5.41, 5.74) is 1.53. The number of amides is 2. The van der Waals surface area contributed by atoms with Crippen molar-refractivity contribution < 1.29 is 14.3 Å². The number of ether oxygens (including phenoxy) is 2. The van der Waals surface area contributed by atoms with Crippen LogP contribution in [0.5, 0.6) is 0 Å². The number of rotatable bonds is 3. The Morgan fingerprint density at radius 3 is 2.81 bits per heavy atom. The van der Waals surface area contributed by atoms with Crippen molar-refractivity contribution in [1.82, 2.24) is 14.7 Å². The van der Waals surface area contributed by atoms with E-state index < -0.39 is 0 Å². The summed E-state index contributed by atoms with van der Waals surface area (Å²) >= 11 is 0. The van der Waals surface area contributed by atoms with Gasteiger partial charge in [-0.25, -0.2) is 4.79 Å². The summed E-state index contributed by atoms with van der Waals surface area (Å²) in [4.78, 5) is 14.6. The van der Waals surface area contributed by atoms with Crippen LogP contribution in [-0.2, 0) is 16.0 Å². The Labute approximate surface area is 159 Å². The van der Waals surface area contributed by atoms with Gasteiger partial charge in [0.2, 0.25) is 0 Å². The van der Waals surface area contributed by atoms with Crippen molar-refractivity contribution in [2.75, 3.05) is 25.0 Å². The largest absolute Gasteiger partial charge is 0.375 e. The summed E-state index contributed by atoms with van der Waals surface area (Å²) in [6, 6.07) is 9.68. The normalized spacial score (nSPS) is 27.9. The molecule has 0 radical (unpaired) electrons. The summed E-state index contributed by atoms with van der Waals surface area (Å²) < 4.78 is 13.8. The average Bonchev–Trinajstić information content (AvgIpc) is 3.27. The van der Waals surface area contributed by atoms with Gasteiger partial charge in [-0.05, 0) is 37.6 Å². The monoisotopic (exact) mass is 370 g/mol.